The highest BCUT2D eigenvalue weighted by molar-refractivity contribution is 7.80. The first-order chi connectivity index (χ1) is 16.5. The van der Waals surface area contributed by atoms with Crippen molar-refractivity contribution in [3.63, 3.8) is 0 Å². The summed E-state index contributed by atoms with van der Waals surface area (Å²) in [4.78, 5) is 6.52. The summed E-state index contributed by atoms with van der Waals surface area (Å²) in [6.07, 6.45) is 2.72. The van der Waals surface area contributed by atoms with E-state index in [-0.39, 0.29) is 17.9 Å². The van der Waals surface area contributed by atoms with Crippen LogP contribution in [0.3, 0.4) is 0 Å². The van der Waals surface area contributed by atoms with Gasteiger partial charge in [0.25, 0.3) is 0 Å². The first-order valence-corrected chi connectivity index (χ1v) is 11.9. The standard InChI is InChI=1S/C28H27FN4S/c1-4-20-11-5-7-14-24(20)32-18(2)17-21(19(32)3)27-26(23-13-9-10-16-30-23)31-28(34)33(27)25-15-8-6-12-22(25)29/h5-17,26-27H,4H2,1-3H3,(H,31,34)/t26-,27-/m1/s1. The number of rotatable bonds is 5. The van der Waals surface area contributed by atoms with Crippen LogP contribution in [0.1, 0.15) is 47.2 Å². The Labute approximate surface area is 205 Å². The summed E-state index contributed by atoms with van der Waals surface area (Å²) < 4.78 is 17.3. The molecule has 0 spiro atoms. The van der Waals surface area contributed by atoms with Crippen LogP contribution < -0.4 is 10.2 Å². The van der Waals surface area contributed by atoms with E-state index in [9.17, 15) is 0 Å². The number of nitrogens with one attached hydrogen (secondary N) is 1. The molecule has 4 nitrogen and oxygen atoms in total. The number of hydrogen-bond acceptors (Lipinski definition) is 2. The monoisotopic (exact) mass is 470 g/mol. The van der Waals surface area contributed by atoms with Gasteiger partial charge in [-0.3, -0.25) is 4.98 Å². The highest BCUT2D eigenvalue weighted by Crippen LogP contribution is 2.44. The molecule has 0 unspecified atom stereocenters. The van der Waals surface area contributed by atoms with E-state index < -0.39 is 0 Å². The summed E-state index contributed by atoms with van der Waals surface area (Å²) in [5, 5.41) is 3.92. The number of hydrogen-bond donors (Lipinski definition) is 1. The van der Waals surface area contributed by atoms with E-state index in [1.54, 1.807) is 18.3 Å². The largest absolute Gasteiger partial charge is 0.351 e. The van der Waals surface area contributed by atoms with E-state index >= 15 is 4.39 Å². The molecule has 5 rings (SSSR count). The molecule has 1 aliphatic rings. The summed E-state index contributed by atoms with van der Waals surface area (Å²) in [5.74, 6) is -0.302. The van der Waals surface area contributed by atoms with Gasteiger partial charge in [0.05, 0.1) is 23.5 Å². The molecule has 4 aromatic rings. The molecule has 6 heteroatoms. The van der Waals surface area contributed by atoms with E-state index in [1.165, 1.54) is 17.3 Å². The topological polar surface area (TPSA) is 33.1 Å². The molecule has 1 N–H and O–H groups in total. The lowest BCUT2D eigenvalue weighted by molar-refractivity contribution is 0.556. The van der Waals surface area contributed by atoms with Gasteiger partial charge >= 0.3 is 0 Å². The Kier molecular flexibility index (Phi) is 5.92. The van der Waals surface area contributed by atoms with E-state index in [1.807, 2.05) is 29.2 Å². The average Bonchev–Trinajstić information content (AvgIpc) is 3.35. The second-order valence-corrected chi connectivity index (χ2v) is 8.98. The third kappa shape index (κ3) is 3.68. The van der Waals surface area contributed by atoms with Gasteiger partial charge in [-0.05, 0) is 80.0 Å². The van der Waals surface area contributed by atoms with E-state index in [4.69, 9.17) is 12.2 Å². The van der Waals surface area contributed by atoms with E-state index in [0.29, 0.717) is 10.8 Å². The van der Waals surface area contributed by atoms with Gasteiger partial charge in [0.1, 0.15) is 5.82 Å². The molecular weight excluding hydrogens is 443 g/mol. The van der Waals surface area contributed by atoms with Gasteiger partial charge in [0.15, 0.2) is 5.11 Å². The smallest absolute Gasteiger partial charge is 0.174 e. The molecule has 0 radical (unpaired) electrons. The summed E-state index contributed by atoms with van der Waals surface area (Å²) in [5.41, 5.74) is 7.11. The maximum absolute atomic E-state index is 15.0. The maximum atomic E-state index is 15.0. The quantitative estimate of drug-likeness (QED) is 0.344. The number of nitrogens with zero attached hydrogens (tertiary/aromatic N) is 3. The van der Waals surface area contributed by atoms with E-state index in [0.717, 1.165) is 29.1 Å². The first kappa shape index (κ1) is 22.3. The molecule has 2 aromatic heterocycles. The molecule has 0 amide bonds. The van der Waals surface area contributed by atoms with E-state index in [2.05, 4.69) is 66.0 Å². The lowest BCUT2D eigenvalue weighted by atomic mass is 9.96. The van der Waals surface area contributed by atoms with Crippen molar-refractivity contribution in [1.82, 2.24) is 14.9 Å². The molecule has 34 heavy (non-hydrogen) atoms. The van der Waals surface area contributed by atoms with Gasteiger partial charge < -0.3 is 14.8 Å². The van der Waals surface area contributed by atoms with Gasteiger partial charge in [0, 0.05) is 23.3 Å². The molecule has 0 saturated carbocycles. The Bertz CT molecular complexity index is 1350. The van der Waals surface area contributed by atoms with Crippen LogP contribution in [0, 0.1) is 19.7 Å². The van der Waals surface area contributed by atoms with Crippen LogP contribution in [0.15, 0.2) is 79.0 Å². The summed E-state index contributed by atoms with van der Waals surface area (Å²) in [6.45, 7) is 6.42. The lowest BCUT2D eigenvalue weighted by Crippen LogP contribution is -2.30. The fraction of sp³-hybridized carbons (Fsp3) is 0.214. The number of pyridine rings is 1. The van der Waals surface area contributed by atoms with Crippen molar-refractivity contribution in [1.29, 1.82) is 0 Å². The number of benzene rings is 2. The summed E-state index contributed by atoms with van der Waals surface area (Å²) >= 11 is 5.77. The van der Waals surface area contributed by atoms with Crippen LogP contribution in [-0.4, -0.2) is 14.7 Å². The number of thiocarbonyl (C=S) groups is 1. The van der Waals surface area contributed by atoms with Gasteiger partial charge in [-0.2, -0.15) is 0 Å². The summed E-state index contributed by atoms with van der Waals surface area (Å²) in [6, 6.07) is 22.9. The lowest BCUT2D eigenvalue weighted by Gasteiger charge is -2.28. The van der Waals surface area contributed by atoms with Crippen LogP contribution in [0.4, 0.5) is 10.1 Å². The second kappa shape index (κ2) is 9.03. The zero-order valence-electron chi connectivity index (χ0n) is 19.5. The Morgan fingerprint density at radius 3 is 2.38 bits per heavy atom. The molecule has 0 bridgehead atoms. The highest BCUT2D eigenvalue weighted by atomic mass is 32.1. The molecular formula is C28H27FN4S. The predicted molar refractivity (Wildman–Crippen MR) is 139 cm³/mol. The van der Waals surface area contributed by atoms with Crippen molar-refractivity contribution < 1.29 is 4.39 Å². The Morgan fingerprint density at radius 1 is 0.971 bits per heavy atom. The number of halogens is 1. The second-order valence-electron chi connectivity index (χ2n) is 8.59. The Hall–Kier alpha value is -3.51. The third-order valence-corrected chi connectivity index (χ3v) is 6.93. The molecule has 2 aromatic carbocycles. The van der Waals surface area contributed by atoms with Crippen LogP contribution >= 0.6 is 12.2 Å². The Morgan fingerprint density at radius 2 is 1.68 bits per heavy atom. The number of aromatic nitrogens is 2. The minimum absolute atomic E-state index is 0.219. The van der Waals surface area contributed by atoms with Crippen LogP contribution in [0.25, 0.3) is 5.69 Å². The zero-order valence-corrected chi connectivity index (χ0v) is 20.3. The molecule has 172 valence electrons. The van der Waals surface area contributed by atoms with Gasteiger partial charge in [-0.25, -0.2) is 4.39 Å². The minimum Gasteiger partial charge on any atom is -0.351 e. The highest BCUT2D eigenvalue weighted by Gasteiger charge is 2.43. The molecule has 1 saturated heterocycles. The number of para-hydroxylation sites is 2. The van der Waals surface area contributed by atoms with Crippen LogP contribution in [0.5, 0.6) is 0 Å². The molecule has 1 fully saturated rings. The van der Waals surface area contributed by atoms with Crippen molar-refractivity contribution in [2.45, 2.75) is 39.3 Å². The minimum atomic E-state index is -0.302. The number of anilines is 1. The zero-order chi connectivity index (χ0) is 23.8. The van der Waals surface area contributed by atoms with Gasteiger partial charge in [-0.15, -0.1) is 0 Å². The molecule has 2 atom stereocenters. The van der Waals surface area contributed by atoms with Gasteiger partial charge in [0.2, 0.25) is 0 Å². The average molecular weight is 471 g/mol. The Balaban J connectivity index is 1.71. The van der Waals surface area contributed by atoms with Crippen molar-refractivity contribution in [2.75, 3.05) is 4.90 Å². The third-order valence-electron chi connectivity index (χ3n) is 6.61. The van der Waals surface area contributed by atoms with Gasteiger partial charge in [-0.1, -0.05) is 43.3 Å². The van der Waals surface area contributed by atoms with Crippen LogP contribution in [-0.2, 0) is 6.42 Å². The predicted octanol–water partition coefficient (Wildman–Crippen LogP) is 6.37. The fourth-order valence-electron chi connectivity index (χ4n) is 5.06. The van der Waals surface area contributed by atoms with Crippen molar-refractivity contribution in [3.05, 3.63) is 113 Å². The van der Waals surface area contributed by atoms with Crippen molar-refractivity contribution >= 4 is 23.0 Å². The molecule has 1 aliphatic heterocycles. The normalized spacial score (nSPS) is 17.8. The number of aryl methyl sites for hydroxylation is 2. The molecule has 0 aliphatic carbocycles. The van der Waals surface area contributed by atoms with Crippen molar-refractivity contribution in [2.24, 2.45) is 0 Å². The molecule has 3 heterocycles. The SMILES string of the molecule is CCc1ccccc1-n1c(C)cc([C@@H]2[C@@H](c3ccccn3)NC(=S)N2c2ccccc2F)c1C. The first-order valence-electron chi connectivity index (χ1n) is 11.5. The fourth-order valence-corrected chi connectivity index (χ4v) is 5.40. The van der Waals surface area contributed by atoms with Crippen molar-refractivity contribution in [3.8, 4) is 5.69 Å². The maximum Gasteiger partial charge on any atom is 0.174 e. The summed E-state index contributed by atoms with van der Waals surface area (Å²) in [7, 11) is 0. The van der Waals surface area contributed by atoms with Crippen LogP contribution in [0.2, 0.25) is 0 Å².